The molecule has 1 heterocycles. The maximum absolute atomic E-state index is 12.1. The third-order valence-electron chi connectivity index (χ3n) is 5.41. The molecule has 0 atom stereocenters. The predicted octanol–water partition coefficient (Wildman–Crippen LogP) is 6.36. The first-order valence-electron chi connectivity index (χ1n) is 11.1. The van der Waals surface area contributed by atoms with E-state index >= 15 is 0 Å². The van der Waals surface area contributed by atoms with Gasteiger partial charge >= 0.3 is 5.97 Å². The Hall–Kier alpha value is -2.60. The highest BCUT2D eigenvalue weighted by atomic mass is 35.5. The zero-order valence-electron chi connectivity index (χ0n) is 18.3. The van der Waals surface area contributed by atoms with Gasteiger partial charge in [-0.3, -0.25) is 15.6 Å². The number of anilines is 3. The number of rotatable bonds is 11. The van der Waals surface area contributed by atoms with Crippen molar-refractivity contribution in [2.45, 2.75) is 65.2 Å². The molecule has 0 unspecified atom stereocenters. The van der Waals surface area contributed by atoms with Crippen molar-refractivity contribution in [2.24, 2.45) is 0 Å². The van der Waals surface area contributed by atoms with Crippen molar-refractivity contribution in [3.05, 3.63) is 46.5 Å². The molecule has 3 rings (SSSR count). The molecule has 0 amide bonds. The summed E-state index contributed by atoms with van der Waals surface area (Å²) in [4.78, 5) is 12.1. The number of hydrazine groups is 2. The van der Waals surface area contributed by atoms with Crippen molar-refractivity contribution in [3.63, 3.8) is 0 Å². The van der Waals surface area contributed by atoms with Crippen LogP contribution in [0.25, 0.3) is 0 Å². The topological polar surface area (TPSA) is 73.8 Å². The Morgan fingerprint density at radius 2 is 1.81 bits per heavy atom. The minimum absolute atomic E-state index is 0.174. The SMILES string of the molecule is CCCCCCCCOC(=O)CCc1cc(C)c(O)c(N2Nc3ccc(Cl)cc3N2)c1. The number of phenolic OH excluding ortho intramolecular Hbond substituents is 1. The summed E-state index contributed by atoms with van der Waals surface area (Å²) in [6.45, 7) is 4.54. The van der Waals surface area contributed by atoms with Gasteiger partial charge in [0.15, 0.2) is 0 Å². The highest BCUT2D eigenvalue weighted by molar-refractivity contribution is 6.31. The summed E-state index contributed by atoms with van der Waals surface area (Å²) < 4.78 is 5.37. The maximum atomic E-state index is 12.1. The molecule has 168 valence electrons. The highest BCUT2D eigenvalue weighted by Gasteiger charge is 2.22. The van der Waals surface area contributed by atoms with Crippen molar-refractivity contribution in [2.75, 3.05) is 22.6 Å². The third-order valence-corrected chi connectivity index (χ3v) is 5.64. The molecule has 0 saturated carbocycles. The van der Waals surface area contributed by atoms with E-state index in [-0.39, 0.29) is 11.7 Å². The number of fused-ring (bicyclic) bond motifs is 1. The predicted molar refractivity (Wildman–Crippen MR) is 127 cm³/mol. The number of unbranched alkanes of at least 4 members (excludes halogenated alkanes) is 5. The molecule has 0 fully saturated rings. The lowest BCUT2D eigenvalue weighted by molar-refractivity contribution is -0.143. The van der Waals surface area contributed by atoms with E-state index in [0.717, 1.165) is 35.3 Å². The molecular formula is C24H32ClN3O3. The van der Waals surface area contributed by atoms with Gasteiger partial charge in [-0.25, -0.2) is 0 Å². The van der Waals surface area contributed by atoms with Crippen LogP contribution in [-0.2, 0) is 16.0 Å². The van der Waals surface area contributed by atoms with Crippen LogP contribution in [0.2, 0.25) is 5.02 Å². The molecule has 0 saturated heterocycles. The number of halogens is 1. The van der Waals surface area contributed by atoms with Crippen LogP contribution in [0.1, 0.15) is 63.0 Å². The Morgan fingerprint density at radius 1 is 1.06 bits per heavy atom. The van der Waals surface area contributed by atoms with Gasteiger partial charge in [0.05, 0.1) is 18.0 Å². The van der Waals surface area contributed by atoms with E-state index in [0.29, 0.717) is 30.2 Å². The van der Waals surface area contributed by atoms with E-state index in [1.54, 1.807) is 11.2 Å². The molecular weight excluding hydrogens is 414 g/mol. The minimum Gasteiger partial charge on any atom is -0.505 e. The average Bonchev–Trinajstić information content (AvgIpc) is 3.16. The number of benzene rings is 2. The number of esters is 1. The zero-order valence-corrected chi connectivity index (χ0v) is 19.1. The third kappa shape index (κ3) is 6.44. The van der Waals surface area contributed by atoms with Crippen molar-refractivity contribution in [3.8, 4) is 5.75 Å². The maximum Gasteiger partial charge on any atom is 0.306 e. The second kappa shape index (κ2) is 11.1. The fraction of sp³-hybridized carbons (Fsp3) is 0.458. The van der Waals surface area contributed by atoms with Crippen LogP contribution in [0.5, 0.6) is 5.75 Å². The number of hydrogen-bond donors (Lipinski definition) is 3. The highest BCUT2D eigenvalue weighted by Crippen LogP contribution is 2.38. The summed E-state index contributed by atoms with van der Waals surface area (Å²) >= 11 is 6.06. The van der Waals surface area contributed by atoms with Crippen LogP contribution in [-0.4, -0.2) is 17.7 Å². The Morgan fingerprint density at radius 3 is 2.61 bits per heavy atom. The summed E-state index contributed by atoms with van der Waals surface area (Å²) in [5, 5.41) is 12.9. The summed E-state index contributed by atoms with van der Waals surface area (Å²) in [6.07, 6.45) is 7.87. The standard InChI is InChI=1S/C24H32ClN3O3/c1-3-4-5-6-7-8-13-31-23(29)12-9-18-14-17(2)24(30)22(15-18)28-26-20-11-10-19(25)16-21(20)27-28/h10-11,14-16,26-27,30H,3-9,12-13H2,1-2H3. The fourth-order valence-electron chi connectivity index (χ4n) is 3.63. The van der Waals surface area contributed by atoms with Gasteiger partial charge in [0, 0.05) is 11.4 Å². The van der Waals surface area contributed by atoms with Crippen molar-refractivity contribution < 1.29 is 14.6 Å². The van der Waals surface area contributed by atoms with Crippen LogP contribution in [0, 0.1) is 6.92 Å². The van der Waals surface area contributed by atoms with E-state index in [1.165, 1.54) is 25.7 Å². The Bertz CT molecular complexity index is 904. The van der Waals surface area contributed by atoms with Gasteiger partial charge in [-0.2, -0.15) is 5.12 Å². The van der Waals surface area contributed by atoms with Crippen molar-refractivity contribution in [1.82, 2.24) is 0 Å². The molecule has 0 radical (unpaired) electrons. The van der Waals surface area contributed by atoms with Crippen molar-refractivity contribution in [1.29, 1.82) is 0 Å². The summed E-state index contributed by atoms with van der Waals surface area (Å²) in [6, 6.07) is 9.27. The quantitative estimate of drug-likeness (QED) is 0.276. The Balaban J connectivity index is 1.51. The largest absolute Gasteiger partial charge is 0.505 e. The number of carbonyl (C=O) groups is 1. The molecule has 2 aromatic carbocycles. The summed E-state index contributed by atoms with van der Waals surface area (Å²) in [5.74, 6) is -0.00592. The summed E-state index contributed by atoms with van der Waals surface area (Å²) in [5.41, 5.74) is 10.4. The van der Waals surface area contributed by atoms with Gasteiger partial charge in [-0.1, -0.05) is 56.7 Å². The molecule has 31 heavy (non-hydrogen) atoms. The van der Waals surface area contributed by atoms with Crippen molar-refractivity contribution >= 4 is 34.6 Å². The molecule has 0 aromatic heterocycles. The lowest BCUT2D eigenvalue weighted by Gasteiger charge is -2.22. The van der Waals surface area contributed by atoms with E-state index in [1.807, 2.05) is 31.2 Å². The van der Waals surface area contributed by atoms with Crippen LogP contribution in [0.4, 0.5) is 17.1 Å². The van der Waals surface area contributed by atoms with E-state index in [2.05, 4.69) is 17.8 Å². The smallest absolute Gasteiger partial charge is 0.306 e. The Labute approximate surface area is 189 Å². The molecule has 1 aliphatic heterocycles. The van der Waals surface area contributed by atoms with Gasteiger partial charge in [-0.15, -0.1) is 0 Å². The lowest BCUT2D eigenvalue weighted by Crippen LogP contribution is -2.29. The van der Waals surface area contributed by atoms with Gasteiger partial charge in [0.2, 0.25) is 0 Å². The second-order valence-corrected chi connectivity index (χ2v) is 8.45. The van der Waals surface area contributed by atoms with Crippen LogP contribution in [0.3, 0.4) is 0 Å². The minimum atomic E-state index is -0.180. The van der Waals surface area contributed by atoms with Crippen LogP contribution in [0.15, 0.2) is 30.3 Å². The number of nitrogens with zero attached hydrogens (tertiary/aromatic N) is 1. The molecule has 2 aromatic rings. The summed E-state index contributed by atoms with van der Waals surface area (Å²) in [7, 11) is 0. The second-order valence-electron chi connectivity index (χ2n) is 8.02. The van der Waals surface area contributed by atoms with Gasteiger partial charge in [0.1, 0.15) is 11.4 Å². The number of hydrogen-bond acceptors (Lipinski definition) is 6. The Kier molecular flexibility index (Phi) is 8.29. The van der Waals surface area contributed by atoms with E-state index < -0.39 is 0 Å². The lowest BCUT2D eigenvalue weighted by atomic mass is 10.0. The molecule has 6 nitrogen and oxygen atoms in total. The number of carbonyl (C=O) groups excluding carboxylic acids is 1. The first kappa shape index (κ1) is 23.1. The number of ether oxygens (including phenoxy) is 1. The van der Waals surface area contributed by atoms with Gasteiger partial charge in [-0.05, 0) is 55.2 Å². The van der Waals surface area contributed by atoms with E-state index in [4.69, 9.17) is 16.3 Å². The normalized spacial score (nSPS) is 12.3. The zero-order chi connectivity index (χ0) is 22.2. The fourth-order valence-corrected chi connectivity index (χ4v) is 3.80. The number of aromatic hydroxyl groups is 1. The number of phenols is 1. The molecule has 1 aliphatic rings. The average molecular weight is 446 g/mol. The number of nitrogens with one attached hydrogen (secondary N) is 2. The molecule has 0 aliphatic carbocycles. The van der Waals surface area contributed by atoms with E-state index in [9.17, 15) is 9.90 Å². The molecule has 0 bridgehead atoms. The monoisotopic (exact) mass is 445 g/mol. The van der Waals surface area contributed by atoms with Crippen LogP contribution < -0.4 is 16.0 Å². The molecule has 3 N–H and O–H groups in total. The van der Waals surface area contributed by atoms with Crippen LogP contribution >= 0.6 is 11.6 Å². The van der Waals surface area contributed by atoms with Gasteiger partial charge < -0.3 is 9.84 Å². The number of aryl methyl sites for hydroxylation is 2. The first-order valence-corrected chi connectivity index (χ1v) is 11.5. The molecule has 7 heteroatoms. The molecule has 0 spiro atoms. The van der Waals surface area contributed by atoms with Gasteiger partial charge in [0.25, 0.3) is 0 Å². The first-order chi connectivity index (χ1) is 15.0.